The van der Waals surface area contributed by atoms with Crippen LogP contribution in [0.1, 0.15) is 44.6 Å². The van der Waals surface area contributed by atoms with E-state index in [-0.39, 0.29) is 24.5 Å². The predicted molar refractivity (Wildman–Crippen MR) is 114 cm³/mol. The molecule has 8 heteroatoms. The highest BCUT2D eigenvalue weighted by Gasteiger charge is 2.44. The van der Waals surface area contributed by atoms with Gasteiger partial charge >= 0.3 is 0 Å². The lowest BCUT2D eigenvalue weighted by molar-refractivity contribution is -0.142. The van der Waals surface area contributed by atoms with Crippen molar-refractivity contribution in [2.24, 2.45) is 5.73 Å². The number of aliphatic hydroxyl groups excluding tert-OH is 1. The van der Waals surface area contributed by atoms with Gasteiger partial charge in [0.2, 0.25) is 17.7 Å². The number of nitrogens with zero attached hydrogens (tertiary/aromatic N) is 1. The summed E-state index contributed by atoms with van der Waals surface area (Å²) in [5.41, 5.74) is 6.74. The Labute approximate surface area is 178 Å². The van der Waals surface area contributed by atoms with Crippen LogP contribution in [0.25, 0.3) is 0 Å². The van der Waals surface area contributed by atoms with Crippen molar-refractivity contribution in [3.8, 4) is 0 Å². The molecular formula is C22H34N4O4. The van der Waals surface area contributed by atoms with Crippen LogP contribution in [0.15, 0.2) is 30.3 Å². The Morgan fingerprint density at radius 1 is 1.20 bits per heavy atom. The lowest BCUT2D eigenvalue weighted by atomic mass is 10.1. The van der Waals surface area contributed by atoms with E-state index in [4.69, 9.17) is 10.8 Å². The van der Waals surface area contributed by atoms with Crippen molar-refractivity contribution in [2.75, 3.05) is 13.2 Å². The Morgan fingerprint density at radius 3 is 2.47 bits per heavy atom. The summed E-state index contributed by atoms with van der Waals surface area (Å²) in [5, 5.41) is 14.4. The molecule has 0 spiro atoms. The van der Waals surface area contributed by atoms with Gasteiger partial charge in [-0.1, -0.05) is 35.9 Å². The minimum Gasteiger partial charge on any atom is -0.395 e. The number of amides is 3. The van der Waals surface area contributed by atoms with Gasteiger partial charge in [0.05, 0.1) is 12.6 Å². The molecule has 0 aliphatic carbocycles. The van der Waals surface area contributed by atoms with Crippen molar-refractivity contribution in [2.45, 2.75) is 70.1 Å². The van der Waals surface area contributed by atoms with Gasteiger partial charge in [0.1, 0.15) is 12.1 Å². The molecule has 3 amide bonds. The molecule has 2 aliphatic heterocycles. The summed E-state index contributed by atoms with van der Waals surface area (Å²) in [7, 11) is 0. The van der Waals surface area contributed by atoms with Gasteiger partial charge in [-0.05, 0) is 46.0 Å². The second-order valence-electron chi connectivity index (χ2n) is 7.94. The van der Waals surface area contributed by atoms with E-state index in [1.807, 2.05) is 18.2 Å². The fraction of sp³-hybridized carbons (Fsp3) is 0.591. The zero-order chi connectivity index (χ0) is 22.1. The van der Waals surface area contributed by atoms with Gasteiger partial charge in [0.15, 0.2) is 0 Å². The molecule has 2 saturated heterocycles. The molecular weight excluding hydrogens is 384 g/mol. The van der Waals surface area contributed by atoms with Crippen LogP contribution in [0.4, 0.5) is 0 Å². The van der Waals surface area contributed by atoms with Crippen LogP contribution in [0.2, 0.25) is 0 Å². The Bertz CT molecular complexity index is 712. The second-order valence-corrected chi connectivity index (χ2v) is 7.94. The summed E-state index contributed by atoms with van der Waals surface area (Å²) < 4.78 is 0. The number of hydrogen-bond acceptors (Lipinski definition) is 5. The van der Waals surface area contributed by atoms with E-state index in [1.54, 1.807) is 11.8 Å². The van der Waals surface area contributed by atoms with Crippen molar-refractivity contribution in [1.82, 2.24) is 15.5 Å². The third-order valence-electron chi connectivity index (χ3n) is 5.63. The third kappa shape index (κ3) is 6.53. The average Bonchev–Trinajstić information content (AvgIpc) is 3.09. The van der Waals surface area contributed by atoms with Crippen LogP contribution in [0, 0.1) is 6.92 Å². The number of carbonyl (C=O) groups is 3. The molecule has 2 aliphatic rings. The van der Waals surface area contributed by atoms with Gasteiger partial charge in [-0.15, -0.1) is 0 Å². The van der Waals surface area contributed by atoms with Crippen LogP contribution in [0.5, 0.6) is 0 Å². The molecule has 8 nitrogen and oxygen atoms in total. The standard InChI is InChI=1S/C15H26N4O4.C7H8/c1-9(17-7-8-20)14(22)18-11-4-2-3-10-5-6-12(13(16)21)19(10)15(11)23;1-7-5-3-2-4-6-7/h9-12,17,20H,2-8H2,1H3,(H2,16,21)(H,18,22);2-6H,1H3/t9-,10-,11-,12-;/m0./s1. The Balaban J connectivity index is 0.000000386. The van der Waals surface area contributed by atoms with Crippen molar-refractivity contribution in [1.29, 1.82) is 0 Å². The van der Waals surface area contributed by atoms with Crippen LogP contribution in [0.3, 0.4) is 0 Å². The number of hydrogen-bond donors (Lipinski definition) is 4. The molecule has 0 unspecified atom stereocenters. The summed E-state index contributed by atoms with van der Waals surface area (Å²) in [4.78, 5) is 38.1. The number of nitrogens with one attached hydrogen (secondary N) is 2. The van der Waals surface area contributed by atoms with Crippen LogP contribution < -0.4 is 16.4 Å². The van der Waals surface area contributed by atoms with Crippen LogP contribution in [-0.2, 0) is 14.4 Å². The molecule has 4 atom stereocenters. The third-order valence-corrected chi connectivity index (χ3v) is 5.63. The van der Waals surface area contributed by atoms with Gasteiger partial charge in [-0.2, -0.15) is 0 Å². The molecule has 0 aromatic heterocycles. The average molecular weight is 419 g/mol. The zero-order valence-electron chi connectivity index (χ0n) is 17.8. The predicted octanol–water partition coefficient (Wildman–Crippen LogP) is 0.465. The van der Waals surface area contributed by atoms with Gasteiger partial charge in [-0.25, -0.2) is 0 Å². The van der Waals surface area contributed by atoms with Crippen molar-refractivity contribution >= 4 is 17.7 Å². The first-order chi connectivity index (χ1) is 14.3. The molecule has 2 fully saturated rings. The van der Waals surface area contributed by atoms with E-state index in [1.165, 1.54) is 5.56 Å². The number of benzene rings is 1. The fourth-order valence-corrected chi connectivity index (χ4v) is 3.98. The minimum atomic E-state index is -0.620. The number of fused-ring (bicyclic) bond motifs is 1. The topological polar surface area (TPSA) is 125 Å². The monoisotopic (exact) mass is 418 g/mol. The Hall–Kier alpha value is -2.45. The summed E-state index contributed by atoms with van der Waals surface area (Å²) in [5.74, 6) is -0.979. The van der Waals surface area contributed by atoms with E-state index < -0.39 is 24.0 Å². The molecule has 0 bridgehead atoms. The van der Waals surface area contributed by atoms with Gasteiger partial charge in [-0.3, -0.25) is 14.4 Å². The molecule has 166 valence electrons. The van der Waals surface area contributed by atoms with E-state index in [2.05, 4.69) is 29.7 Å². The fourth-order valence-electron chi connectivity index (χ4n) is 3.98. The SMILES string of the molecule is C[C@H](NCCO)C(=O)N[C@H]1CCC[C@H]2CC[C@@H](C(N)=O)N2C1=O.Cc1ccccc1. The highest BCUT2D eigenvalue weighted by Crippen LogP contribution is 2.31. The highest BCUT2D eigenvalue weighted by atomic mass is 16.3. The number of nitrogens with two attached hydrogens (primary N) is 1. The first-order valence-corrected chi connectivity index (χ1v) is 10.6. The molecule has 30 heavy (non-hydrogen) atoms. The summed E-state index contributed by atoms with van der Waals surface area (Å²) >= 11 is 0. The maximum atomic E-state index is 12.8. The first kappa shape index (κ1) is 23.8. The van der Waals surface area contributed by atoms with E-state index in [9.17, 15) is 14.4 Å². The number of rotatable bonds is 6. The number of carbonyl (C=O) groups excluding carboxylic acids is 3. The maximum absolute atomic E-state index is 12.8. The Kier molecular flexibility index (Phi) is 9.26. The quantitative estimate of drug-likeness (QED) is 0.534. The highest BCUT2D eigenvalue weighted by molar-refractivity contribution is 5.93. The minimum absolute atomic E-state index is 0.0480. The van der Waals surface area contributed by atoms with Gasteiger partial charge in [0.25, 0.3) is 0 Å². The summed E-state index contributed by atoms with van der Waals surface area (Å²) in [6.07, 6.45) is 3.60. The normalized spacial score (nSPS) is 24.2. The molecule has 0 saturated carbocycles. The number of primary amides is 1. The molecule has 5 N–H and O–H groups in total. The molecule has 0 radical (unpaired) electrons. The lowest BCUT2D eigenvalue weighted by Crippen LogP contribution is -2.56. The first-order valence-electron chi connectivity index (χ1n) is 10.6. The van der Waals surface area contributed by atoms with E-state index in [0.717, 1.165) is 19.3 Å². The number of aliphatic hydroxyl groups is 1. The van der Waals surface area contributed by atoms with Gasteiger partial charge < -0.3 is 26.4 Å². The summed E-state index contributed by atoms with van der Waals surface area (Å²) in [6, 6.07) is 8.63. The second kappa shape index (κ2) is 11.7. The zero-order valence-corrected chi connectivity index (χ0v) is 17.8. The van der Waals surface area contributed by atoms with Crippen molar-refractivity contribution in [3.63, 3.8) is 0 Å². The van der Waals surface area contributed by atoms with Gasteiger partial charge in [0, 0.05) is 12.6 Å². The van der Waals surface area contributed by atoms with Crippen molar-refractivity contribution < 1.29 is 19.5 Å². The van der Waals surface area contributed by atoms with E-state index >= 15 is 0 Å². The van der Waals surface area contributed by atoms with E-state index in [0.29, 0.717) is 19.4 Å². The van der Waals surface area contributed by atoms with Crippen molar-refractivity contribution in [3.05, 3.63) is 35.9 Å². The molecule has 1 aromatic carbocycles. The smallest absolute Gasteiger partial charge is 0.246 e. The molecule has 3 rings (SSSR count). The number of aryl methyl sites for hydroxylation is 1. The maximum Gasteiger partial charge on any atom is 0.246 e. The lowest BCUT2D eigenvalue weighted by Gasteiger charge is -2.30. The largest absolute Gasteiger partial charge is 0.395 e. The Morgan fingerprint density at radius 2 is 1.90 bits per heavy atom. The van der Waals surface area contributed by atoms with Crippen LogP contribution in [-0.4, -0.2) is 65.0 Å². The molecule has 2 heterocycles. The van der Waals surface area contributed by atoms with Crippen LogP contribution >= 0.6 is 0 Å². The molecule has 1 aromatic rings. The summed E-state index contributed by atoms with van der Waals surface area (Å²) in [6.45, 7) is 4.01.